The molecule has 0 atom stereocenters. The molecule has 0 aliphatic heterocycles. The first-order valence-electron chi connectivity index (χ1n) is 6.09. The summed E-state index contributed by atoms with van der Waals surface area (Å²) < 4.78 is 1.28. The van der Waals surface area contributed by atoms with Crippen LogP contribution in [-0.2, 0) is 0 Å². The highest BCUT2D eigenvalue weighted by Crippen LogP contribution is 2.25. The summed E-state index contributed by atoms with van der Waals surface area (Å²) in [6, 6.07) is 4.16. The molecule has 2 heterocycles. The first kappa shape index (κ1) is 12.3. The van der Waals surface area contributed by atoms with Crippen LogP contribution in [-0.4, -0.2) is 23.2 Å². The number of hydrogen-bond donors (Lipinski definition) is 2. The predicted molar refractivity (Wildman–Crippen MR) is 73.7 cm³/mol. The molecule has 2 N–H and O–H groups in total. The lowest BCUT2D eigenvalue weighted by molar-refractivity contribution is 0.283. The minimum atomic E-state index is 0.309. The van der Waals surface area contributed by atoms with Gasteiger partial charge in [0.05, 0.1) is 0 Å². The summed E-state index contributed by atoms with van der Waals surface area (Å²) >= 11 is 1.74. The zero-order chi connectivity index (χ0) is 11.9. The van der Waals surface area contributed by atoms with Crippen molar-refractivity contribution >= 4 is 27.2 Å². The lowest BCUT2D eigenvalue weighted by Gasteiger charge is -2.06. The lowest BCUT2D eigenvalue weighted by atomic mass is 10.2. The van der Waals surface area contributed by atoms with Crippen LogP contribution in [0.3, 0.4) is 0 Å². The number of rotatable bonds is 7. The molecule has 0 aliphatic rings. The number of aliphatic hydroxyl groups is 1. The van der Waals surface area contributed by atoms with E-state index < -0.39 is 0 Å². The van der Waals surface area contributed by atoms with Gasteiger partial charge in [-0.3, -0.25) is 0 Å². The molecule has 4 heteroatoms. The van der Waals surface area contributed by atoms with E-state index in [1.165, 1.54) is 10.1 Å². The molecule has 0 spiro atoms. The molecule has 0 amide bonds. The van der Waals surface area contributed by atoms with Gasteiger partial charge in [0.2, 0.25) is 0 Å². The first-order valence-corrected chi connectivity index (χ1v) is 6.97. The SMILES string of the molecule is OCCCCCCNc1nccc2sccc12. The number of nitrogens with zero attached hydrogens (tertiary/aromatic N) is 1. The number of unbranched alkanes of at least 4 members (excludes halogenated alkanes) is 3. The van der Waals surface area contributed by atoms with Gasteiger partial charge in [-0.05, 0) is 30.4 Å². The Bertz CT molecular complexity index is 455. The van der Waals surface area contributed by atoms with E-state index in [0.29, 0.717) is 6.61 Å². The molecular formula is C13H18N2OS. The molecule has 0 unspecified atom stereocenters. The Morgan fingerprint density at radius 2 is 2.06 bits per heavy atom. The average molecular weight is 250 g/mol. The van der Waals surface area contributed by atoms with Crippen LogP contribution >= 0.6 is 11.3 Å². The molecule has 3 nitrogen and oxygen atoms in total. The Labute approximate surface area is 106 Å². The first-order chi connectivity index (χ1) is 8.42. The van der Waals surface area contributed by atoms with Crippen molar-refractivity contribution in [1.29, 1.82) is 0 Å². The molecule has 17 heavy (non-hydrogen) atoms. The second-order valence-electron chi connectivity index (χ2n) is 4.06. The van der Waals surface area contributed by atoms with Gasteiger partial charge in [-0.2, -0.15) is 0 Å². The van der Waals surface area contributed by atoms with Crippen LogP contribution in [0.25, 0.3) is 10.1 Å². The quantitative estimate of drug-likeness (QED) is 0.741. The fraction of sp³-hybridized carbons (Fsp3) is 0.462. The molecule has 92 valence electrons. The van der Waals surface area contributed by atoms with E-state index in [1.807, 2.05) is 12.3 Å². The maximum Gasteiger partial charge on any atom is 0.134 e. The molecule has 0 saturated carbocycles. The number of pyridine rings is 1. The number of fused-ring (bicyclic) bond motifs is 1. The third-order valence-electron chi connectivity index (χ3n) is 2.76. The van der Waals surface area contributed by atoms with Crippen LogP contribution in [0.15, 0.2) is 23.7 Å². The Morgan fingerprint density at radius 3 is 2.94 bits per heavy atom. The number of hydrogen-bond acceptors (Lipinski definition) is 4. The van der Waals surface area contributed by atoms with Crippen molar-refractivity contribution in [2.75, 3.05) is 18.5 Å². The van der Waals surface area contributed by atoms with Gasteiger partial charge in [-0.1, -0.05) is 12.8 Å². The van der Waals surface area contributed by atoms with E-state index in [1.54, 1.807) is 11.3 Å². The monoisotopic (exact) mass is 250 g/mol. The minimum absolute atomic E-state index is 0.309. The minimum Gasteiger partial charge on any atom is -0.396 e. The summed E-state index contributed by atoms with van der Waals surface area (Å²) in [6.07, 6.45) is 6.16. The highest BCUT2D eigenvalue weighted by Gasteiger charge is 2.01. The van der Waals surface area contributed by atoms with Crippen LogP contribution in [0, 0.1) is 0 Å². The van der Waals surface area contributed by atoms with Gasteiger partial charge in [-0.15, -0.1) is 11.3 Å². The van der Waals surface area contributed by atoms with E-state index in [0.717, 1.165) is 38.0 Å². The van der Waals surface area contributed by atoms with Gasteiger partial charge in [0.15, 0.2) is 0 Å². The normalized spacial score (nSPS) is 10.9. The zero-order valence-corrected chi connectivity index (χ0v) is 10.7. The van der Waals surface area contributed by atoms with Gasteiger partial charge < -0.3 is 10.4 Å². The predicted octanol–water partition coefficient (Wildman–Crippen LogP) is 3.26. The summed E-state index contributed by atoms with van der Waals surface area (Å²) in [7, 11) is 0. The standard InChI is InChI=1S/C13H18N2OS/c16-9-4-2-1-3-7-14-13-11-6-10-17-12(11)5-8-15-13/h5-6,8,10,16H,1-4,7,9H2,(H,14,15). The summed E-state index contributed by atoms with van der Waals surface area (Å²) in [4.78, 5) is 4.37. The van der Waals surface area contributed by atoms with E-state index in [9.17, 15) is 0 Å². The van der Waals surface area contributed by atoms with E-state index >= 15 is 0 Å². The van der Waals surface area contributed by atoms with E-state index in [4.69, 9.17) is 5.11 Å². The summed E-state index contributed by atoms with van der Waals surface area (Å²) in [6.45, 7) is 1.26. The number of nitrogens with one attached hydrogen (secondary N) is 1. The third-order valence-corrected chi connectivity index (χ3v) is 3.64. The van der Waals surface area contributed by atoms with E-state index in [2.05, 4.69) is 21.7 Å². The molecular weight excluding hydrogens is 232 g/mol. The second-order valence-corrected chi connectivity index (χ2v) is 5.00. The Balaban J connectivity index is 1.80. The van der Waals surface area contributed by atoms with Crippen molar-refractivity contribution in [1.82, 2.24) is 4.98 Å². The molecule has 2 rings (SSSR count). The van der Waals surface area contributed by atoms with Gasteiger partial charge in [0.25, 0.3) is 0 Å². The van der Waals surface area contributed by atoms with Crippen molar-refractivity contribution in [2.24, 2.45) is 0 Å². The van der Waals surface area contributed by atoms with Crippen LogP contribution in [0.2, 0.25) is 0 Å². The molecule has 0 radical (unpaired) electrons. The highest BCUT2D eigenvalue weighted by molar-refractivity contribution is 7.17. The van der Waals surface area contributed by atoms with Crippen molar-refractivity contribution in [3.8, 4) is 0 Å². The summed E-state index contributed by atoms with van der Waals surface area (Å²) in [5, 5.41) is 15.4. The number of aliphatic hydroxyl groups excluding tert-OH is 1. The second kappa shape index (κ2) is 6.57. The van der Waals surface area contributed by atoms with E-state index in [-0.39, 0.29) is 0 Å². The maximum absolute atomic E-state index is 8.67. The fourth-order valence-electron chi connectivity index (χ4n) is 1.83. The lowest BCUT2D eigenvalue weighted by Crippen LogP contribution is -2.03. The van der Waals surface area contributed by atoms with Crippen molar-refractivity contribution in [2.45, 2.75) is 25.7 Å². The number of aromatic nitrogens is 1. The number of thiophene rings is 1. The fourth-order valence-corrected chi connectivity index (χ4v) is 2.61. The molecule has 0 saturated heterocycles. The Kier molecular flexibility index (Phi) is 4.76. The molecule has 0 bridgehead atoms. The summed E-state index contributed by atoms with van der Waals surface area (Å²) in [5.41, 5.74) is 0. The highest BCUT2D eigenvalue weighted by atomic mass is 32.1. The zero-order valence-electron chi connectivity index (χ0n) is 9.85. The molecule has 2 aromatic rings. The topological polar surface area (TPSA) is 45.1 Å². The van der Waals surface area contributed by atoms with Crippen molar-refractivity contribution in [3.63, 3.8) is 0 Å². The summed E-state index contributed by atoms with van der Waals surface area (Å²) in [5.74, 6) is 0.992. The molecule has 0 aromatic carbocycles. The van der Waals surface area contributed by atoms with Crippen LogP contribution in [0.4, 0.5) is 5.82 Å². The maximum atomic E-state index is 8.67. The van der Waals surface area contributed by atoms with Crippen LogP contribution in [0.1, 0.15) is 25.7 Å². The van der Waals surface area contributed by atoms with Crippen LogP contribution in [0.5, 0.6) is 0 Å². The largest absolute Gasteiger partial charge is 0.396 e. The Morgan fingerprint density at radius 1 is 1.18 bits per heavy atom. The van der Waals surface area contributed by atoms with Crippen molar-refractivity contribution in [3.05, 3.63) is 23.7 Å². The smallest absolute Gasteiger partial charge is 0.134 e. The number of anilines is 1. The molecule has 2 aromatic heterocycles. The van der Waals surface area contributed by atoms with Gasteiger partial charge >= 0.3 is 0 Å². The van der Waals surface area contributed by atoms with Gasteiger partial charge in [0.1, 0.15) is 5.82 Å². The average Bonchev–Trinajstić information content (AvgIpc) is 2.82. The Hall–Kier alpha value is -1.13. The van der Waals surface area contributed by atoms with Crippen molar-refractivity contribution < 1.29 is 5.11 Å². The van der Waals surface area contributed by atoms with Gasteiger partial charge in [0, 0.05) is 29.4 Å². The third kappa shape index (κ3) is 3.41. The molecule has 0 fully saturated rings. The molecule has 0 aliphatic carbocycles. The van der Waals surface area contributed by atoms with Gasteiger partial charge in [-0.25, -0.2) is 4.98 Å². The van der Waals surface area contributed by atoms with Crippen LogP contribution < -0.4 is 5.32 Å².